The lowest BCUT2D eigenvalue weighted by atomic mass is 9.88. The molecule has 1 N–H and O–H groups in total. The van der Waals surface area contributed by atoms with Gasteiger partial charge in [-0.05, 0) is 67.6 Å². The maximum atomic E-state index is 13.5. The van der Waals surface area contributed by atoms with Gasteiger partial charge in [0.15, 0.2) is 0 Å². The summed E-state index contributed by atoms with van der Waals surface area (Å²) in [6, 6.07) is 17.3. The van der Waals surface area contributed by atoms with Gasteiger partial charge in [-0.1, -0.05) is 48.0 Å². The molecule has 184 valence electrons. The predicted molar refractivity (Wildman–Crippen MR) is 127 cm³/mol. The molecule has 1 atom stereocenters. The van der Waals surface area contributed by atoms with Crippen LogP contribution in [0.3, 0.4) is 0 Å². The summed E-state index contributed by atoms with van der Waals surface area (Å²) in [5, 5.41) is 2.89. The van der Waals surface area contributed by atoms with Gasteiger partial charge in [-0.3, -0.25) is 9.10 Å². The van der Waals surface area contributed by atoms with E-state index in [2.05, 4.69) is 5.32 Å². The molecule has 0 heterocycles. The van der Waals surface area contributed by atoms with Crippen molar-refractivity contribution in [3.8, 4) is 0 Å². The molecular formula is C26H25F3N2O3S. The van der Waals surface area contributed by atoms with Crippen LogP contribution in [0.2, 0.25) is 0 Å². The maximum absolute atomic E-state index is 13.5. The highest BCUT2D eigenvalue weighted by Gasteiger charge is 2.33. The molecule has 0 spiro atoms. The molecule has 3 aromatic rings. The molecule has 0 aliphatic heterocycles. The fourth-order valence-electron chi connectivity index (χ4n) is 4.26. The van der Waals surface area contributed by atoms with E-state index in [-0.39, 0.29) is 16.6 Å². The van der Waals surface area contributed by atoms with Crippen LogP contribution in [0, 0.1) is 6.92 Å². The minimum atomic E-state index is -4.66. The number of anilines is 1. The van der Waals surface area contributed by atoms with Crippen molar-refractivity contribution in [1.82, 2.24) is 5.32 Å². The minimum Gasteiger partial charge on any atom is -0.348 e. The standard InChI is InChI=1S/C26H25F3N2O3S/c1-18-12-14-22(15-13-18)35(33,34)31(21-9-5-8-20(16-21)26(27,28)29)17-25(32)30-24-11-4-7-19-6-2-3-10-23(19)24/h2-3,5-6,8-10,12-16,24H,4,7,11,17H2,1H3,(H,30,32)/t24-/m0/s1. The number of nitrogens with one attached hydrogen (secondary N) is 1. The summed E-state index contributed by atoms with van der Waals surface area (Å²) in [5.74, 6) is -0.597. The fraction of sp³-hybridized carbons (Fsp3) is 0.269. The van der Waals surface area contributed by atoms with Crippen molar-refractivity contribution in [3.63, 3.8) is 0 Å². The molecule has 35 heavy (non-hydrogen) atoms. The molecule has 0 saturated heterocycles. The second kappa shape index (κ2) is 9.73. The number of nitrogens with zero attached hydrogens (tertiary/aromatic N) is 1. The highest BCUT2D eigenvalue weighted by molar-refractivity contribution is 7.92. The zero-order valence-corrected chi connectivity index (χ0v) is 19.9. The van der Waals surface area contributed by atoms with Gasteiger partial charge in [-0.25, -0.2) is 8.42 Å². The van der Waals surface area contributed by atoms with Crippen LogP contribution < -0.4 is 9.62 Å². The van der Waals surface area contributed by atoms with E-state index in [0.717, 1.165) is 52.0 Å². The number of carbonyl (C=O) groups excluding carboxylic acids is 1. The molecule has 1 amide bonds. The normalized spacial score (nSPS) is 15.8. The fourth-order valence-corrected chi connectivity index (χ4v) is 5.68. The molecule has 3 aromatic carbocycles. The van der Waals surface area contributed by atoms with Crippen LogP contribution in [0.25, 0.3) is 0 Å². The number of alkyl halides is 3. The highest BCUT2D eigenvalue weighted by atomic mass is 32.2. The van der Waals surface area contributed by atoms with Gasteiger partial charge < -0.3 is 5.32 Å². The number of rotatable bonds is 6. The Balaban J connectivity index is 1.67. The SMILES string of the molecule is Cc1ccc(S(=O)(=O)N(CC(=O)N[C@H]2CCCc3ccccc32)c2cccc(C(F)(F)F)c2)cc1. The third-order valence-corrected chi connectivity index (χ3v) is 7.85. The van der Waals surface area contributed by atoms with E-state index < -0.39 is 34.2 Å². The summed E-state index contributed by atoms with van der Waals surface area (Å²) >= 11 is 0. The second-order valence-electron chi connectivity index (χ2n) is 8.58. The topological polar surface area (TPSA) is 66.5 Å². The van der Waals surface area contributed by atoms with Crippen LogP contribution in [-0.2, 0) is 27.4 Å². The van der Waals surface area contributed by atoms with Crippen LogP contribution in [0.1, 0.15) is 41.1 Å². The largest absolute Gasteiger partial charge is 0.416 e. The first kappa shape index (κ1) is 24.8. The van der Waals surface area contributed by atoms with Crippen molar-refractivity contribution in [2.45, 2.75) is 43.3 Å². The first-order valence-corrected chi connectivity index (χ1v) is 12.6. The lowest BCUT2D eigenvalue weighted by molar-refractivity contribution is -0.137. The highest BCUT2D eigenvalue weighted by Crippen LogP contribution is 2.34. The second-order valence-corrected chi connectivity index (χ2v) is 10.4. The zero-order valence-electron chi connectivity index (χ0n) is 19.0. The van der Waals surface area contributed by atoms with Gasteiger partial charge in [0.25, 0.3) is 10.0 Å². The van der Waals surface area contributed by atoms with Crippen molar-refractivity contribution < 1.29 is 26.4 Å². The molecule has 0 saturated carbocycles. The van der Waals surface area contributed by atoms with Crippen LogP contribution in [-0.4, -0.2) is 20.9 Å². The van der Waals surface area contributed by atoms with Crippen LogP contribution in [0.5, 0.6) is 0 Å². The van der Waals surface area contributed by atoms with E-state index in [0.29, 0.717) is 6.42 Å². The Morgan fingerprint density at radius 2 is 1.74 bits per heavy atom. The average Bonchev–Trinajstić information content (AvgIpc) is 2.82. The van der Waals surface area contributed by atoms with E-state index in [4.69, 9.17) is 0 Å². The number of benzene rings is 3. The molecule has 1 aliphatic rings. The number of sulfonamides is 1. The molecule has 1 aliphatic carbocycles. The summed E-state index contributed by atoms with van der Waals surface area (Å²) in [4.78, 5) is 13.0. The number of fused-ring (bicyclic) bond motifs is 1. The summed E-state index contributed by atoms with van der Waals surface area (Å²) in [6.07, 6.45) is -2.22. The van der Waals surface area contributed by atoms with E-state index in [1.54, 1.807) is 19.1 Å². The Labute approximate surface area is 202 Å². The van der Waals surface area contributed by atoms with Gasteiger partial charge >= 0.3 is 6.18 Å². The van der Waals surface area contributed by atoms with Crippen LogP contribution >= 0.6 is 0 Å². The number of hydrogen-bond donors (Lipinski definition) is 1. The minimum absolute atomic E-state index is 0.115. The summed E-state index contributed by atoms with van der Waals surface area (Å²) in [7, 11) is -4.32. The smallest absolute Gasteiger partial charge is 0.348 e. The third kappa shape index (κ3) is 5.51. The van der Waals surface area contributed by atoms with Gasteiger partial charge in [0.05, 0.1) is 22.2 Å². The van der Waals surface area contributed by atoms with E-state index in [1.165, 1.54) is 18.2 Å². The molecule has 0 fully saturated rings. The lowest BCUT2D eigenvalue weighted by Crippen LogP contribution is -2.42. The number of hydrogen-bond acceptors (Lipinski definition) is 3. The van der Waals surface area contributed by atoms with Crippen LogP contribution in [0.4, 0.5) is 18.9 Å². The van der Waals surface area contributed by atoms with Crippen molar-refractivity contribution in [3.05, 3.63) is 95.1 Å². The van der Waals surface area contributed by atoms with Gasteiger partial charge in [0, 0.05) is 0 Å². The van der Waals surface area contributed by atoms with Gasteiger partial charge in [-0.15, -0.1) is 0 Å². The number of aryl methyl sites for hydroxylation is 2. The molecule has 0 bridgehead atoms. The quantitative estimate of drug-likeness (QED) is 0.491. The maximum Gasteiger partial charge on any atom is 0.416 e. The lowest BCUT2D eigenvalue weighted by Gasteiger charge is -2.29. The first-order chi connectivity index (χ1) is 16.6. The Morgan fingerprint density at radius 3 is 2.46 bits per heavy atom. The Morgan fingerprint density at radius 1 is 1.03 bits per heavy atom. The van der Waals surface area contributed by atoms with Crippen molar-refractivity contribution in [2.75, 3.05) is 10.8 Å². The molecule has 9 heteroatoms. The van der Waals surface area contributed by atoms with Crippen molar-refractivity contribution >= 4 is 21.6 Å². The monoisotopic (exact) mass is 502 g/mol. The molecule has 5 nitrogen and oxygen atoms in total. The van der Waals surface area contributed by atoms with E-state index in [1.807, 2.05) is 24.3 Å². The van der Waals surface area contributed by atoms with E-state index >= 15 is 0 Å². The predicted octanol–water partition coefficient (Wildman–Crippen LogP) is 5.40. The van der Waals surface area contributed by atoms with Gasteiger partial charge in [0.1, 0.15) is 6.54 Å². The summed E-state index contributed by atoms with van der Waals surface area (Å²) < 4.78 is 67.8. The van der Waals surface area contributed by atoms with Gasteiger partial charge in [0.2, 0.25) is 5.91 Å². The molecule has 4 rings (SSSR count). The van der Waals surface area contributed by atoms with Gasteiger partial charge in [-0.2, -0.15) is 13.2 Å². The summed E-state index contributed by atoms with van der Waals surface area (Å²) in [6.45, 7) is 1.13. The Hall–Kier alpha value is -3.33. The summed E-state index contributed by atoms with van der Waals surface area (Å²) in [5.41, 5.74) is 1.67. The molecule has 0 aromatic heterocycles. The molecule has 0 unspecified atom stereocenters. The van der Waals surface area contributed by atoms with Crippen LogP contribution in [0.15, 0.2) is 77.7 Å². The average molecular weight is 503 g/mol. The number of halogens is 3. The van der Waals surface area contributed by atoms with Crippen molar-refractivity contribution in [1.29, 1.82) is 0 Å². The molecule has 0 radical (unpaired) electrons. The Kier molecular flexibility index (Phi) is 6.89. The number of amides is 1. The Bertz CT molecular complexity index is 1320. The first-order valence-electron chi connectivity index (χ1n) is 11.2. The number of carbonyl (C=O) groups is 1. The third-order valence-electron chi connectivity index (χ3n) is 6.06. The van der Waals surface area contributed by atoms with Crippen molar-refractivity contribution in [2.24, 2.45) is 0 Å². The zero-order chi connectivity index (χ0) is 25.2. The molecular weight excluding hydrogens is 477 g/mol. The van der Waals surface area contributed by atoms with E-state index in [9.17, 15) is 26.4 Å².